The molecule has 170 valence electrons. The second kappa shape index (κ2) is 11.0. The molecule has 2 aliphatic rings. The minimum absolute atomic E-state index is 0.230. The molecular weight excluding hydrogens is 402 g/mol. The van der Waals surface area contributed by atoms with Crippen molar-refractivity contribution in [2.75, 3.05) is 53.6 Å². The fourth-order valence-corrected chi connectivity index (χ4v) is 5.29. The van der Waals surface area contributed by atoms with Gasteiger partial charge in [0.25, 0.3) is 0 Å². The second-order valence-electron chi connectivity index (χ2n) is 8.80. The Balaban J connectivity index is 1.67. The van der Waals surface area contributed by atoms with Crippen molar-refractivity contribution in [1.82, 2.24) is 14.7 Å². The number of benzene rings is 1. The lowest BCUT2D eigenvalue weighted by Crippen LogP contribution is -2.58. The van der Waals surface area contributed by atoms with Crippen LogP contribution in [0.4, 0.5) is 0 Å². The Morgan fingerprint density at radius 3 is 2.43 bits per heavy atom. The Labute approximate surface area is 186 Å². The first kappa shape index (κ1) is 23.6. The maximum Gasteiger partial charge on any atom is 0.165 e. The van der Waals surface area contributed by atoms with E-state index in [1.54, 1.807) is 20.3 Å². The molecule has 1 atom stereocenters. The molecule has 2 aliphatic heterocycles. The molecule has 0 spiro atoms. The molecule has 0 aromatic heterocycles. The summed E-state index contributed by atoms with van der Waals surface area (Å²) in [5.41, 5.74) is 1.04. The molecule has 6 nitrogen and oxygen atoms in total. The average molecular weight is 440 g/mol. The van der Waals surface area contributed by atoms with E-state index in [1.807, 2.05) is 6.07 Å². The summed E-state index contributed by atoms with van der Waals surface area (Å²) in [5.74, 6) is 1.42. The molecule has 1 N–H and O–H groups in total. The van der Waals surface area contributed by atoms with Crippen LogP contribution in [-0.4, -0.2) is 91.5 Å². The molecule has 0 bridgehead atoms. The molecule has 0 amide bonds. The van der Waals surface area contributed by atoms with E-state index in [0.29, 0.717) is 28.9 Å². The van der Waals surface area contributed by atoms with Crippen LogP contribution in [0.25, 0.3) is 0 Å². The molecule has 2 fully saturated rings. The van der Waals surface area contributed by atoms with Gasteiger partial charge < -0.3 is 19.5 Å². The van der Waals surface area contributed by atoms with Gasteiger partial charge in [-0.1, -0.05) is 11.6 Å². The van der Waals surface area contributed by atoms with Gasteiger partial charge in [-0.2, -0.15) is 0 Å². The van der Waals surface area contributed by atoms with Crippen LogP contribution in [0.1, 0.15) is 38.7 Å². The van der Waals surface area contributed by atoms with E-state index < -0.39 is 0 Å². The lowest BCUT2D eigenvalue weighted by molar-refractivity contribution is -0.000208. The number of likely N-dealkylation sites (tertiary alicyclic amines) is 1. The second-order valence-corrected chi connectivity index (χ2v) is 9.24. The van der Waals surface area contributed by atoms with Crippen LogP contribution in [-0.2, 0) is 6.54 Å². The maximum absolute atomic E-state index is 9.70. The van der Waals surface area contributed by atoms with E-state index in [9.17, 15) is 5.11 Å². The van der Waals surface area contributed by atoms with Crippen LogP contribution in [0.15, 0.2) is 12.1 Å². The van der Waals surface area contributed by atoms with Gasteiger partial charge in [0, 0.05) is 67.6 Å². The van der Waals surface area contributed by atoms with Crippen LogP contribution in [0, 0.1) is 0 Å². The zero-order chi connectivity index (χ0) is 21.7. The summed E-state index contributed by atoms with van der Waals surface area (Å²) < 4.78 is 11.1. The zero-order valence-electron chi connectivity index (χ0n) is 18.9. The summed E-state index contributed by atoms with van der Waals surface area (Å²) in [6.45, 7) is 10.9. The van der Waals surface area contributed by atoms with Crippen molar-refractivity contribution in [2.45, 2.75) is 57.8 Å². The number of hydrogen-bond donors (Lipinski definition) is 1. The first-order chi connectivity index (χ1) is 14.5. The Morgan fingerprint density at radius 2 is 1.83 bits per heavy atom. The topological polar surface area (TPSA) is 48.4 Å². The normalized spacial score (nSPS) is 22.6. The molecule has 1 aromatic rings. The molecule has 1 aromatic carbocycles. The van der Waals surface area contributed by atoms with Crippen LogP contribution < -0.4 is 9.47 Å². The predicted molar refractivity (Wildman–Crippen MR) is 122 cm³/mol. The quantitative estimate of drug-likeness (QED) is 0.671. The van der Waals surface area contributed by atoms with Crippen LogP contribution in [0.2, 0.25) is 5.02 Å². The number of aliphatic hydroxyl groups excluding tert-OH is 1. The Kier molecular flexibility index (Phi) is 8.66. The number of piperidine rings is 1. The highest BCUT2D eigenvalue weighted by Gasteiger charge is 2.34. The molecule has 7 heteroatoms. The van der Waals surface area contributed by atoms with E-state index >= 15 is 0 Å². The van der Waals surface area contributed by atoms with Crippen molar-refractivity contribution < 1.29 is 14.6 Å². The first-order valence-electron chi connectivity index (χ1n) is 11.2. The number of rotatable bonds is 8. The maximum atomic E-state index is 9.70. The van der Waals surface area contributed by atoms with Gasteiger partial charge in [0.05, 0.1) is 14.2 Å². The standard InChI is InChI=1S/C23H38ClN3O3/c1-17(2)26-8-5-20(6-9-26)27-11-10-25(16-21(27)7-12-28)15-18-13-19(24)14-22(29-3)23(18)30-4/h13-14,17,20-21,28H,5-12,15-16H2,1-4H3/t21-/m0/s1. The largest absolute Gasteiger partial charge is 0.493 e. The van der Waals surface area contributed by atoms with Crippen LogP contribution in [0.3, 0.4) is 0 Å². The first-order valence-corrected chi connectivity index (χ1v) is 11.6. The SMILES string of the molecule is COc1cc(Cl)cc(CN2CCN(C3CCN(C(C)C)CC3)[C@@H](CCO)C2)c1OC. The van der Waals surface area contributed by atoms with Crippen molar-refractivity contribution in [3.05, 3.63) is 22.7 Å². The van der Waals surface area contributed by atoms with Crippen molar-refractivity contribution in [1.29, 1.82) is 0 Å². The van der Waals surface area contributed by atoms with Gasteiger partial charge in [-0.25, -0.2) is 0 Å². The molecule has 0 unspecified atom stereocenters. The Hall–Kier alpha value is -1.05. The van der Waals surface area contributed by atoms with Crippen molar-refractivity contribution in [2.24, 2.45) is 0 Å². The smallest absolute Gasteiger partial charge is 0.165 e. The highest BCUT2D eigenvalue weighted by molar-refractivity contribution is 6.30. The fraction of sp³-hybridized carbons (Fsp3) is 0.739. The predicted octanol–water partition coefficient (Wildman–Crippen LogP) is 3.10. The van der Waals surface area contributed by atoms with Gasteiger partial charge in [0.15, 0.2) is 11.5 Å². The Bertz CT molecular complexity index is 680. The lowest BCUT2D eigenvalue weighted by atomic mass is 9.97. The molecule has 2 heterocycles. The Morgan fingerprint density at radius 1 is 1.10 bits per heavy atom. The highest BCUT2D eigenvalue weighted by atomic mass is 35.5. The van der Waals surface area contributed by atoms with E-state index in [1.165, 1.54) is 25.9 Å². The molecule has 30 heavy (non-hydrogen) atoms. The minimum atomic E-state index is 0.230. The molecule has 0 saturated carbocycles. The van der Waals surface area contributed by atoms with Gasteiger partial charge >= 0.3 is 0 Å². The fourth-order valence-electron chi connectivity index (χ4n) is 5.06. The van der Waals surface area contributed by atoms with Gasteiger partial charge in [0.2, 0.25) is 0 Å². The van der Waals surface area contributed by atoms with E-state index in [4.69, 9.17) is 21.1 Å². The number of methoxy groups -OCH3 is 2. The third kappa shape index (κ3) is 5.60. The lowest BCUT2D eigenvalue weighted by Gasteiger charge is -2.48. The molecule has 3 rings (SSSR count). The van der Waals surface area contributed by atoms with Gasteiger partial charge in [-0.05, 0) is 52.3 Å². The van der Waals surface area contributed by atoms with Crippen LogP contribution in [0.5, 0.6) is 11.5 Å². The summed E-state index contributed by atoms with van der Waals surface area (Å²) in [7, 11) is 3.31. The van der Waals surface area contributed by atoms with Crippen molar-refractivity contribution in [3.8, 4) is 11.5 Å². The molecule has 0 radical (unpaired) electrons. The summed E-state index contributed by atoms with van der Waals surface area (Å²) in [4.78, 5) is 7.69. The number of hydrogen-bond acceptors (Lipinski definition) is 6. The summed E-state index contributed by atoms with van der Waals surface area (Å²) in [6, 6.07) is 5.39. The van der Waals surface area contributed by atoms with E-state index in [-0.39, 0.29) is 6.61 Å². The van der Waals surface area contributed by atoms with Crippen molar-refractivity contribution >= 4 is 11.6 Å². The summed E-state index contributed by atoms with van der Waals surface area (Å²) in [5, 5.41) is 10.4. The highest BCUT2D eigenvalue weighted by Crippen LogP contribution is 2.35. The summed E-state index contributed by atoms with van der Waals surface area (Å²) in [6.07, 6.45) is 3.26. The number of aliphatic hydroxyl groups is 1. The molecule has 2 saturated heterocycles. The van der Waals surface area contributed by atoms with Gasteiger partial charge in [-0.15, -0.1) is 0 Å². The third-order valence-corrected chi connectivity index (χ3v) is 6.91. The van der Waals surface area contributed by atoms with E-state index in [2.05, 4.69) is 28.5 Å². The van der Waals surface area contributed by atoms with E-state index in [0.717, 1.165) is 43.9 Å². The van der Waals surface area contributed by atoms with Crippen LogP contribution >= 0.6 is 11.6 Å². The van der Waals surface area contributed by atoms with Crippen molar-refractivity contribution in [3.63, 3.8) is 0 Å². The van der Waals surface area contributed by atoms with Gasteiger partial charge in [0.1, 0.15) is 0 Å². The number of nitrogens with zero attached hydrogens (tertiary/aromatic N) is 3. The number of piperazine rings is 1. The average Bonchev–Trinajstić information content (AvgIpc) is 2.74. The zero-order valence-corrected chi connectivity index (χ0v) is 19.7. The monoisotopic (exact) mass is 439 g/mol. The van der Waals surface area contributed by atoms with Gasteiger partial charge in [-0.3, -0.25) is 9.80 Å². The number of halogens is 1. The summed E-state index contributed by atoms with van der Waals surface area (Å²) >= 11 is 6.31. The molecule has 0 aliphatic carbocycles. The number of ether oxygens (including phenoxy) is 2. The minimum Gasteiger partial charge on any atom is -0.493 e. The molecular formula is C23H38ClN3O3. The third-order valence-electron chi connectivity index (χ3n) is 6.69.